The maximum atomic E-state index is 5.18. The van der Waals surface area contributed by atoms with Gasteiger partial charge >= 0.3 is 0 Å². The van der Waals surface area contributed by atoms with Gasteiger partial charge in [0.15, 0.2) is 5.96 Å². The molecule has 1 aromatic heterocycles. The molecule has 23 heavy (non-hydrogen) atoms. The SMILES string of the molecule is CCNC(=NCc1ccccc1)NCCc1c(C)noc1C.I. The minimum Gasteiger partial charge on any atom is -0.361 e. The molecule has 1 heterocycles. The fourth-order valence-corrected chi connectivity index (χ4v) is 2.26. The fraction of sp³-hybridized carbons (Fsp3) is 0.412. The first-order chi connectivity index (χ1) is 10.7. The molecule has 0 spiro atoms. The highest BCUT2D eigenvalue weighted by Gasteiger charge is 2.08. The zero-order chi connectivity index (χ0) is 15.8. The number of hydrogen-bond donors (Lipinski definition) is 2. The maximum Gasteiger partial charge on any atom is 0.191 e. The maximum absolute atomic E-state index is 5.18. The van der Waals surface area contributed by atoms with E-state index in [1.165, 1.54) is 11.1 Å². The molecule has 0 radical (unpaired) electrons. The largest absolute Gasteiger partial charge is 0.361 e. The molecule has 2 rings (SSSR count). The number of benzene rings is 1. The highest BCUT2D eigenvalue weighted by atomic mass is 127. The van der Waals surface area contributed by atoms with Gasteiger partial charge in [-0.05, 0) is 32.8 Å². The minimum absolute atomic E-state index is 0. The van der Waals surface area contributed by atoms with Gasteiger partial charge < -0.3 is 15.2 Å². The Balaban J connectivity index is 0.00000264. The summed E-state index contributed by atoms with van der Waals surface area (Å²) in [6, 6.07) is 10.2. The Labute approximate surface area is 155 Å². The van der Waals surface area contributed by atoms with Crippen LogP contribution in [0, 0.1) is 13.8 Å². The molecule has 0 aliphatic heterocycles. The second-order valence-corrected chi connectivity index (χ2v) is 5.16. The Morgan fingerprint density at radius 3 is 2.52 bits per heavy atom. The van der Waals surface area contributed by atoms with Gasteiger partial charge in [0, 0.05) is 18.7 Å². The molecule has 0 aliphatic rings. The summed E-state index contributed by atoms with van der Waals surface area (Å²) in [6.07, 6.45) is 0.872. The predicted molar refractivity (Wildman–Crippen MR) is 104 cm³/mol. The van der Waals surface area contributed by atoms with Crippen LogP contribution in [-0.2, 0) is 13.0 Å². The van der Waals surface area contributed by atoms with Crippen molar-refractivity contribution >= 4 is 29.9 Å². The van der Waals surface area contributed by atoms with E-state index in [0.717, 1.165) is 36.9 Å². The summed E-state index contributed by atoms with van der Waals surface area (Å²) in [5.41, 5.74) is 3.34. The lowest BCUT2D eigenvalue weighted by Gasteiger charge is -2.11. The van der Waals surface area contributed by atoms with Gasteiger partial charge in [0.1, 0.15) is 5.76 Å². The molecule has 0 aliphatic carbocycles. The van der Waals surface area contributed by atoms with Crippen LogP contribution in [0.3, 0.4) is 0 Å². The topological polar surface area (TPSA) is 62.5 Å². The van der Waals surface area contributed by atoms with Crippen LogP contribution in [0.4, 0.5) is 0 Å². The van der Waals surface area contributed by atoms with Crippen molar-refractivity contribution in [1.29, 1.82) is 0 Å². The highest BCUT2D eigenvalue weighted by Crippen LogP contribution is 2.12. The van der Waals surface area contributed by atoms with Crippen molar-refractivity contribution < 1.29 is 4.52 Å². The highest BCUT2D eigenvalue weighted by molar-refractivity contribution is 14.0. The standard InChI is InChI=1S/C17H24N4O.HI/c1-4-18-17(20-12-15-8-6-5-7-9-15)19-11-10-16-13(2)21-22-14(16)3;/h5-9H,4,10-12H2,1-3H3,(H2,18,19,20);1H. The van der Waals surface area contributed by atoms with Gasteiger partial charge in [0.25, 0.3) is 0 Å². The Morgan fingerprint density at radius 2 is 1.91 bits per heavy atom. The average Bonchev–Trinajstić information content (AvgIpc) is 2.85. The molecule has 126 valence electrons. The zero-order valence-corrected chi connectivity index (χ0v) is 16.3. The zero-order valence-electron chi connectivity index (χ0n) is 13.9. The summed E-state index contributed by atoms with van der Waals surface area (Å²) in [7, 11) is 0. The summed E-state index contributed by atoms with van der Waals surface area (Å²) in [6.45, 7) is 8.29. The van der Waals surface area contributed by atoms with Crippen molar-refractivity contribution in [3.8, 4) is 0 Å². The van der Waals surface area contributed by atoms with Gasteiger partial charge in [-0.3, -0.25) is 0 Å². The number of nitrogens with zero attached hydrogens (tertiary/aromatic N) is 2. The van der Waals surface area contributed by atoms with Crippen molar-refractivity contribution in [3.63, 3.8) is 0 Å². The third-order valence-corrected chi connectivity index (χ3v) is 3.46. The van der Waals surface area contributed by atoms with E-state index in [4.69, 9.17) is 4.52 Å². The quantitative estimate of drug-likeness (QED) is 0.422. The molecule has 0 saturated heterocycles. The summed E-state index contributed by atoms with van der Waals surface area (Å²) in [5, 5.41) is 10.6. The van der Waals surface area contributed by atoms with Crippen LogP contribution < -0.4 is 10.6 Å². The van der Waals surface area contributed by atoms with Gasteiger partial charge in [-0.15, -0.1) is 24.0 Å². The number of aliphatic imine (C=N–C) groups is 1. The number of aromatic nitrogens is 1. The Morgan fingerprint density at radius 1 is 1.17 bits per heavy atom. The van der Waals surface area contributed by atoms with Crippen LogP contribution in [0.2, 0.25) is 0 Å². The molecule has 2 aromatic rings. The van der Waals surface area contributed by atoms with E-state index in [2.05, 4.69) is 39.8 Å². The third-order valence-electron chi connectivity index (χ3n) is 3.46. The Kier molecular flexibility index (Phi) is 8.68. The minimum atomic E-state index is 0. The first-order valence-corrected chi connectivity index (χ1v) is 7.68. The van der Waals surface area contributed by atoms with Crippen LogP contribution in [-0.4, -0.2) is 24.2 Å². The molecule has 0 fully saturated rings. The first kappa shape index (κ1) is 19.5. The number of halogens is 1. The smallest absolute Gasteiger partial charge is 0.191 e. The number of nitrogens with one attached hydrogen (secondary N) is 2. The van der Waals surface area contributed by atoms with Crippen LogP contribution in [0.15, 0.2) is 39.8 Å². The summed E-state index contributed by atoms with van der Waals surface area (Å²) < 4.78 is 5.18. The molecule has 0 saturated carbocycles. The average molecular weight is 428 g/mol. The summed E-state index contributed by atoms with van der Waals surface area (Å²) in [4.78, 5) is 4.60. The molecule has 1 aromatic carbocycles. The lowest BCUT2D eigenvalue weighted by Crippen LogP contribution is -2.38. The normalized spacial score (nSPS) is 11.0. The molecule has 5 nitrogen and oxygen atoms in total. The van der Waals surface area contributed by atoms with Gasteiger partial charge in [-0.1, -0.05) is 35.5 Å². The van der Waals surface area contributed by atoms with Gasteiger partial charge in [-0.2, -0.15) is 0 Å². The van der Waals surface area contributed by atoms with Crippen LogP contribution in [0.1, 0.15) is 29.5 Å². The predicted octanol–water partition coefficient (Wildman–Crippen LogP) is 3.21. The molecule has 0 bridgehead atoms. The second-order valence-electron chi connectivity index (χ2n) is 5.16. The molecule has 0 amide bonds. The monoisotopic (exact) mass is 428 g/mol. The summed E-state index contributed by atoms with van der Waals surface area (Å²) >= 11 is 0. The van der Waals surface area contributed by atoms with Crippen LogP contribution >= 0.6 is 24.0 Å². The molecule has 0 unspecified atom stereocenters. The van der Waals surface area contributed by atoms with Gasteiger partial charge in [0.2, 0.25) is 0 Å². The second kappa shape index (κ2) is 10.3. The fourth-order valence-electron chi connectivity index (χ4n) is 2.26. The Hall–Kier alpha value is -1.57. The van der Waals surface area contributed by atoms with Crippen molar-refractivity contribution in [3.05, 3.63) is 52.9 Å². The van der Waals surface area contributed by atoms with Crippen molar-refractivity contribution in [1.82, 2.24) is 15.8 Å². The van der Waals surface area contributed by atoms with E-state index in [1.807, 2.05) is 32.0 Å². The van der Waals surface area contributed by atoms with E-state index < -0.39 is 0 Å². The number of aryl methyl sites for hydroxylation is 2. The lowest BCUT2D eigenvalue weighted by atomic mass is 10.1. The molecular weight excluding hydrogens is 403 g/mol. The Bertz CT molecular complexity index is 591. The summed E-state index contributed by atoms with van der Waals surface area (Å²) in [5.74, 6) is 1.73. The van der Waals surface area contributed by atoms with Crippen molar-refractivity contribution in [2.45, 2.75) is 33.7 Å². The third kappa shape index (κ3) is 6.21. The van der Waals surface area contributed by atoms with E-state index in [0.29, 0.717) is 6.54 Å². The van der Waals surface area contributed by atoms with E-state index in [-0.39, 0.29) is 24.0 Å². The lowest BCUT2D eigenvalue weighted by molar-refractivity contribution is 0.392. The number of guanidine groups is 1. The molecule has 0 atom stereocenters. The van der Waals surface area contributed by atoms with E-state index in [1.54, 1.807) is 0 Å². The van der Waals surface area contributed by atoms with Gasteiger partial charge in [0.05, 0.1) is 12.2 Å². The first-order valence-electron chi connectivity index (χ1n) is 7.68. The van der Waals surface area contributed by atoms with Crippen molar-refractivity contribution in [2.75, 3.05) is 13.1 Å². The molecular formula is C17H25IN4O. The van der Waals surface area contributed by atoms with Crippen molar-refractivity contribution in [2.24, 2.45) is 4.99 Å². The van der Waals surface area contributed by atoms with E-state index in [9.17, 15) is 0 Å². The number of rotatable bonds is 6. The van der Waals surface area contributed by atoms with Gasteiger partial charge in [-0.25, -0.2) is 4.99 Å². The molecule has 6 heteroatoms. The number of hydrogen-bond acceptors (Lipinski definition) is 3. The van der Waals surface area contributed by atoms with Crippen LogP contribution in [0.25, 0.3) is 0 Å². The molecule has 2 N–H and O–H groups in total. The van der Waals surface area contributed by atoms with E-state index >= 15 is 0 Å². The van der Waals surface area contributed by atoms with Crippen LogP contribution in [0.5, 0.6) is 0 Å².